The molecule has 2 rings (SSSR count). The largest absolute Gasteiger partial charge is 0.573 e. The van der Waals surface area contributed by atoms with E-state index in [4.69, 9.17) is 4.42 Å². The highest BCUT2D eigenvalue weighted by Gasteiger charge is 2.32. The molecule has 0 atom stereocenters. The summed E-state index contributed by atoms with van der Waals surface area (Å²) in [6.07, 6.45) is -6.37. The van der Waals surface area contributed by atoms with Gasteiger partial charge in [-0.05, 0) is 18.2 Å². The number of carbonyl (C=O) groups excluding carboxylic acids is 1. The molecule has 0 aliphatic heterocycles. The molecule has 0 bridgehead atoms. The molecule has 1 N–H and O–H groups in total. The number of amides is 1. The fraction of sp³-hybridized carbons (Fsp3) is 0.182. The molecule has 0 spiro atoms. The van der Waals surface area contributed by atoms with Gasteiger partial charge in [0.1, 0.15) is 11.9 Å². The van der Waals surface area contributed by atoms with Crippen molar-refractivity contribution < 1.29 is 32.2 Å². The standard InChI is InChI=1S/C11H7BrF3NO4/c12-6-1-5-2-7(4-16-10(17)18)19-9(5)8(3-6)20-11(13,14)15/h1-3,16H,4H2,(H,17,18)/p-1. The lowest BCUT2D eigenvalue weighted by atomic mass is 10.2. The van der Waals surface area contributed by atoms with Gasteiger partial charge in [-0.15, -0.1) is 13.2 Å². The third-order valence-corrected chi connectivity index (χ3v) is 2.69. The lowest BCUT2D eigenvalue weighted by molar-refractivity contribution is -0.274. The first-order valence-corrected chi connectivity index (χ1v) is 5.96. The molecule has 0 aliphatic rings. The van der Waals surface area contributed by atoms with Crippen LogP contribution in [0, 0.1) is 0 Å². The normalized spacial score (nSPS) is 11.6. The lowest BCUT2D eigenvalue weighted by Crippen LogP contribution is -2.35. The van der Waals surface area contributed by atoms with E-state index in [2.05, 4.69) is 20.7 Å². The average Bonchev–Trinajstić information content (AvgIpc) is 2.67. The molecule has 0 saturated heterocycles. The molecule has 0 radical (unpaired) electrons. The minimum atomic E-state index is -4.86. The van der Waals surface area contributed by atoms with E-state index in [0.29, 0.717) is 9.86 Å². The number of alkyl halides is 3. The van der Waals surface area contributed by atoms with E-state index < -0.39 is 18.2 Å². The molecule has 2 aromatic rings. The fourth-order valence-corrected chi connectivity index (χ4v) is 2.04. The summed E-state index contributed by atoms with van der Waals surface area (Å²) in [5.74, 6) is -0.379. The van der Waals surface area contributed by atoms with Gasteiger partial charge in [0, 0.05) is 9.86 Å². The molecule has 108 valence electrons. The van der Waals surface area contributed by atoms with Crippen LogP contribution in [0.15, 0.2) is 27.1 Å². The van der Waals surface area contributed by atoms with E-state index in [1.165, 1.54) is 12.1 Å². The molecule has 0 saturated carbocycles. The van der Waals surface area contributed by atoms with Crippen LogP contribution in [0.3, 0.4) is 0 Å². The first-order chi connectivity index (χ1) is 9.24. The Hall–Kier alpha value is -1.90. The number of hydrogen-bond acceptors (Lipinski definition) is 4. The number of furan rings is 1. The number of halogens is 4. The van der Waals surface area contributed by atoms with Gasteiger partial charge in [0.15, 0.2) is 11.3 Å². The quantitative estimate of drug-likeness (QED) is 0.920. The maximum atomic E-state index is 12.3. The lowest BCUT2D eigenvalue weighted by Gasteiger charge is -2.09. The number of fused-ring (bicyclic) bond motifs is 1. The monoisotopic (exact) mass is 352 g/mol. The van der Waals surface area contributed by atoms with Crippen molar-refractivity contribution in [2.75, 3.05) is 0 Å². The molecule has 0 aliphatic carbocycles. The first kappa shape index (κ1) is 14.5. The topological polar surface area (TPSA) is 74.5 Å². The maximum Gasteiger partial charge on any atom is 0.573 e. The maximum absolute atomic E-state index is 12.3. The number of nitrogens with one attached hydrogen (secondary N) is 1. The zero-order valence-electron chi connectivity index (χ0n) is 9.58. The Kier molecular flexibility index (Phi) is 3.80. The zero-order valence-corrected chi connectivity index (χ0v) is 11.2. The van der Waals surface area contributed by atoms with Gasteiger partial charge in [-0.1, -0.05) is 15.9 Å². The van der Waals surface area contributed by atoms with E-state index in [0.717, 1.165) is 6.07 Å². The minimum Gasteiger partial charge on any atom is -0.530 e. The molecule has 1 amide bonds. The minimum absolute atomic E-state index is 0.124. The van der Waals surface area contributed by atoms with Gasteiger partial charge in [-0.25, -0.2) is 0 Å². The number of rotatable bonds is 3. The Morgan fingerprint density at radius 2 is 2.10 bits per heavy atom. The number of benzene rings is 1. The van der Waals surface area contributed by atoms with Gasteiger partial charge in [0.2, 0.25) is 0 Å². The average molecular weight is 353 g/mol. The third kappa shape index (κ3) is 3.56. The summed E-state index contributed by atoms with van der Waals surface area (Å²) < 4.78 is 46.2. The Morgan fingerprint density at radius 3 is 2.70 bits per heavy atom. The zero-order chi connectivity index (χ0) is 14.9. The highest BCUT2D eigenvalue weighted by Crippen LogP contribution is 2.35. The van der Waals surface area contributed by atoms with Crippen molar-refractivity contribution >= 4 is 33.0 Å². The van der Waals surface area contributed by atoms with E-state index in [9.17, 15) is 23.1 Å². The first-order valence-electron chi connectivity index (χ1n) is 5.17. The predicted molar refractivity (Wildman–Crippen MR) is 62.8 cm³/mol. The van der Waals surface area contributed by atoms with Gasteiger partial charge in [-0.3, -0.25) is 0 Å². The summed E-state index contributed by atoms with van der Waals surface area (Å²) in [7, 11) is 0. The van der Waals surface area contributed by atoms with Gasteiger partial charge in [0.25, 0.3) is 0 Å². The van der Waals surface area contributed by atoms with Crippen LogP contribution in [0.5, 0.6) is 5.75 Å². The molecular formula is C11H6BrF3NO4-. The van der Waals surface area contributed by atoms with Crippen LogP contribution in [-0.2, 0) is 6.54 Å². The summed E-state index contributed by atoms with van der Waals surface area (Å²) >= 11 is 3.05. The molecule has 0 fully saturated rings. The molecule has 1 aromatic carbocycles. The van der Waals surface area contributed by atoms with E-state index in [1.807, 2.05) is 5.32 Å². The molecule has 0 unspecified atom stereocenters. The van der Waals surface area contributed by atoms with Crippen molar-refractivity contribution in [2.45, 2.75) is 12.9 Å². The van der Waals surface area contributed by atoms with Crippen molar-refractivity contribution in [1.29, 1.82) is 0 Å². The molecule has 20 heavy (non-hydrogen) atoms. The number of hydrogen-bond donors (Lipinski definition) is 1. The summed E-state index contributed by atoms with van der Waals surface area (Å²) in [4.78, 5) is 10.3. The second-order valence-corrected chi connectivity index (χ2v) is 4.64. The predicted octanol–water partition coefficient (Wildman–Crippen LogP) is 2.53. The summed E-state index contributed by atoms with van der Waals surface area (Å²) in [6, 6.07) is 4.03. The van der Waals surface area contributed by atoms with Crippen molar-refractivity contribution in [2.24, 2.45) is 0 Å². The Balaban J connectivity index is 2.39. The fourth-order valence-electron chi connectivity index (χ4n) is 1.59. The number of carbonyl (C=O) groups is 1. The Bertz CT molecular complexity index is 653. The summed E-state index contributed by atoms with van der Waals surface area (Å²) in [6.45, 7) is -0.222. The van der Waals surface area contributed by atoms with Crippen molar-refractivity contribution in [3.05, 3.63) is 28.4 Å². The molecule has 1 aromatic heterocycles. The van der Waals surface area contributed by atoms with Gasteiger partial charge in [-0.2, -0.15) is 0 Å². The molecule has 9 heteroatoms. The van der Waals surface area contributed by atoms with Gasteiger partial charge in [0.05, 0.1) is 6.54 Å². The second-order valence-electron chi connectivity index (χ2n) is 3.72. The molecule has 5 nitrogen and oxygen atoms in total. The highest BCUT2D eigenvalue weighted by atomic mass is 79.9. The van der Waals surface area contributed by atoms with Gasteiger partial charge >= 0.3 is 6.36 Å². The number of carboxylic acid groups (broad SMARTS) is 1. The van der Waals surface area contributed by atoms with Crippen molar-refractivity contribution in [3.8, 4) is 5.75 Å². The van der Waals surface area contributed by atoms with Crippen LogP contribution in [-0.4, -0.2) is 12.5 Å². The highest BCUT2D eigenvalue weighted by molar-refractivity contribution is 9.10. The van der Waals surface area contributed by atoms with Crippen LogP contribution in [0.2, 0.25) is 0 Å². The van der Waals surface area contributed by atoms with E-state index in [-0.39, 0.29) is 17.9 Å². The van der Waals surface area contributed by atoms with Crippen molar-refractivity contribution in [1.82, 2.24) is 5.32 Å². The second kappa shape index (κ2) is 5.23. The molecular weight excluding hydrogens is 347 g/mol. The van der Waals surface area contributed by atoms with Crippen LogP contribution in [0.4, 0.5) is 18.0 Å². The SMILES string of the molecule is O=C([O-])NCc1cc2cc(Br)cc(OC(F)(F)F)c2o1. The third-order valence-electron chi connectivity index (χ3n) is 2.23. The van der Waals surface area contributed by atoms with Crippen LogP contribution >= 0.6 is 15.9 Å². The van der Waals surface area contributed by atoms with E-state index >= 15 is 0 Å². The van der Waals surface area contributed by atoms with Crippen LogP contribution < -0.4 is 15.2 Å². The number of ether oxygens (including phenoxy) is 1. The smallest absolute Gasteiger partial charge is 0.530 e. The Labute approximate surface area is 118 Å². The molecule has 1 heterocycles. The summed E-state index contributed by atoms with van der Waals surface area (Å²) in [5, 5.41) is 12.5. The van der Waals surface area contributed by atoms with E-state index in [1.54, 1.807) is 0 Å². The van der Waals surface area contributed by atoms with Crippen LogP contribution in [0.25, 0.3) is 11.0 Å². The van der Waals surface area contributed by atoms with Crippen LogP contribution in [0.1, 0.15) is 5.76 Å². The Morgan fingerprint density at radius 1 is 1.40 bits per heavy atom. The van der Waals surface area contributed by atoms with Crippen molar-refractivity contribution in [3.63, 3.8) is 0 Å². The van der Waals surface area contributed by atoms with Gasteiger partial charge < -0.3 is 24.4 Å². The summed E-state index contributed by atoms with van der Waals surface area (Å²) in [5.41, 5.74) is -0.124.